The van der Waals surface area contributed by atoms with Gasteiger partial charge in [0.2, 0.25) is 11.8 Å². The van der Waals surface area contributed by atoms with Crippen molar-refractivity contribution in [3.8, 4) is 0 Å². The van der Waals surface area contributed by atoms with Gasteiger partial charge in [-0.2, -0.15) is 0 Å². The zero-order valence-corrected chi connectivity index (χ0v) is 14.5. The number of nitrogens with one attached hydrogen (secondary N) is 3. The molecule has 0 fully saturated rings. The van der Waals surface area contributed by atoms with E-state index in [1.165, 1.54) is 23.4 Å². The molecule has 2 amide bonds. The van der Waals surface area contributed by atoms with Crippen LogP contribution in [0.5, 0.6) is 0 Å². The highest BCUT2D eigenvalue weighted by atomic mass is 16.2. The molecule has 0 bridgehead atoms. The Bertz CT molecular complexity index is 746. The summed E-state index contributed by atoms with van der Waals surface area (Å²) in [7, 11) is 0. The number of fused-ring (bicyclic) bond motifs is 1. The van der Waals surface area contributed by atoms with E-state index in [1.807, 2.05) is 6.92 Å². The van der Waals surface area contributed by atoms with E-state index in [0.29, 0.717) is 6.54 Å². The standard InChI is InChI=1S/C18H25N3O2/c1-10-6-15(18-16(7-10)12(3)13(4)21-18)9-19-17(23)8-11(2)20-14(5)22/h6-7,11,21H,8-9H2,1-5H3,(H,19,23)(H,20,22). The van der Waals surface area contributed by atoms with Crippen LogP contribution in [-0.4, -0.2) is 22.8 Å². The van der Waals surface area contributed by atoms with Crippen LogP contribution in [0.25, 0.3) is 10.9 Å². The van der Waals surface area contributed by atoms with Crippen LogP contribution >= 0.6 is 0 Å². The van der Waals surface area contributed by atoms with Gasteiger partial charge in [0.05, 0.1) is 5.52 Å². The first-order valence-corrected chi connectivity index (χ1v) is 7.90. The summed E-state index contributed by atoms with van der Waals surface area (Å²) < 4.78 is 0. The smallest absolute Gasteiger partial charge is 0.222 e. The van der Waals surface area contributed by atoms with Gasteiger partial charge in [-0.15, -0.1) is 0 Å². The molecule has 0 saturated carbocycles. The minimum absolute atomic E-state index is 0.0686. The third-order valence-electron chi connectivity index (χ3n) is 4.06. The lowest BCUT2D eigenvalue weighted by Crippen LogP contribution is -2.35. The van der Waals surface area contributed by atoms with Gasteiger partial charge in [0.1, 0.15) is 0 Å². The second-order valence-corrected chi connectivity index (χ2v) is 6.30. The Morgan fingerprint density at radius 2 is 1.91 bits per heavy atom. The second kappa shape index (κ2) is 6.86. The van der Waals surface area contributed by atoms with Gasteiger partial charge in [0, 0.05) is 37.0 Å². The largest absolute Gasteiger partial charge is 0.358 e. The van der Waals surface area contributed by atoms with Crippen molar-refractivity contribution in [2.75, 3.05) is 0 Å². The number of aromatic nitrogens is 1. The Hall–Kier alpha value is -2.30. The Labute approximate surface area is 136 Å². The summed E-state index contributed by atoms with van der Waals surface area (Å²) in [6.07, 6.45) is 0.275. The van der Waals surface area contributed by atoms with Crippen molar-refractivity contribution in [2.24, 2.45) is 0 Å². The normalized spacial score (nSPS) is 12.2. The highest BCUT2D eigenvalue weighted by Gasteiger charge is 2.12. The van der Waals surface area contributed by atoms with Crippen LogP contribution in [0, 0.1) is 20.8 Å². The van der Waals surface area contributed by atoms with Crippen LogP contribution in [0.1, 0.15) is 42.7 Å². The molecule has 1 atom stereocenters. The van der Waals surface area contributed by atoms with E-state index in [1.54, 1.807) is 0 Å². The van der Waals surface area contributed by atoms with Crippen molar-refractivity contribution in [3.05, 3.63) is 34.5 Å². The lowest BCUT2D eigenvalue weighted by atomic mass is 10.0. The molecule has 3 N–H and O–H groups in total. The minimum Gasteiger partial charge on any atom is -0.358 e. The maximum Gasteiger partial charge on any atom is 0.222 e. The fourth-order valence-electron chi connectivity index (χ4n) is 2.87. The molecule has 0 aliphatic carbocycles. The van der Waals surface area contributed by atoms with E-state index in [2.05, 4.69) is 48.5 Å². The van der Waals surface area contributed by atoms with Gasteiger partial charge in [0.25, 0.3) is 0 Å². The quantitative estimate of drug-likeness (QED) is 0.793. The predicted molar refractivity (Wildman–Crippen MR) is 92.3 cm³/mol. The molecular formula is C18H25N3O2. The fourth-order valence-corrected chi connectivity index (χ4v) is 2.87. The third-order valence-corrected chi connectivity index (χ3v) is 4.06. The first-order valence-electron chi connectivity index (χ1n) is 7.90. The first-order chi connectivity index (χ1) is 10.8. The van der Waals surface area contributed by atoms with Crippen LogP contribution in [0.3, 0.4) is 0 Å². The number of aromatic amines is 1. The molecule has 1 aromatic heterocycles. The highest BCUT2D eigenvalue weighted by molar-refractivity contribution is 5.88. The van der Waals surface area contributed by atoms with Gasteiger partial charge >= 0.3 is 0 Å². The summed E-state index contributed by atoms with van der Waals surface area (Å²) in [6.45, 7) is 9.97. The van der Waals surface area contributed by atoms with E-state index < -0.39 is 0 Å². The van der Waals surface area contributed by atoms with E-state index >= 15 is 0 Å². The van der Waals surface area contributed by atoms with Gasteiger partial charge in [0.15, 0.2) is 0 Å². The second-order valence-electron chi connectivity index (χ2n) is 6.30. The summed E-state index contributed by atoms with van der Waals surface area (Å²) in [5.41, 5.74) is 5.74. The van der Waals surface area contributed by atoms with Crippen LogP contribution in [0.2, 0.25) is 0 Å². The summed E-state index contributed by atoms with van der Waals surface area (Å²) in [4.78, 5) is 26.4. The maximum absolute atomic E-state index is 12.0. The van der Waals surface area contributed by atoms with E-state index in [0.717, 1.165) is 16.8 Å². The molecule has 0 aliphatic heterocycles. The number of hydrogen-bond acceptors (Lipinski definition) is 2. The van der Waals surface area contributed by atoms with Crippen molar-refractivity contribution in [3.63, 3.8) is 0 Å². The van der Waals surface area contributed by atoms with Gasteiger partial charge in [-0.05, 0) is 44.9 Å². The van der Waals surface area contributed by atoms with E-state index in [4.69, 9.17) is 0 Å². The first kappa shape index (κ1) is 17.1. The lowest BCUT2D eigenvalue weighted by Gasteiger charge is -2.13. The number of amides is 2. The SMILES string of the molecule is CC(=O)NC(C)CC(=O)NCc1cc(C)cc2c(C)c(C)[nH]c12. The Morgan fingerprint density at radius 1 is 1.22 bits per heavy atom. The fraction of sp³-hybridized carbons (Fsp3) is 0.444. The van der Waals surface area contributed by atoms with Gasteiger partial charge in [-0.25, -0.2) is 0 Å². The van der Waals surface area contributed by atoms with Crippen LogP contribution in [-0.2, 0) is 16.1 Å². The maximum atomic E-state index is 12.0. The molecule has 23 heavy (non-hydrogen) atoms. The molecule has 5 heteroatoms. The zero-order valence-electron chi connectivity index (χ0n) is 14.5. The molecule has 0 aliphatic rings. The summed E-state index contributed by atoms with van der Waals surface area (Å²) >= 11 is 0. The predicted octanol–water partition coefficient (Wildman–Crippen LogP) is 2.62. The number of hydrogen-bond donors (Lipinski definition) is 3. The van der Waals surface area contributed by atoms with Crippen molar-refractivity contribution >= 4 is 22.7 Å². The average molecular weight is 315 g/mol. The number of H-pyrrole nitrogens is 1. The highest BCUT2D eigenvalue weighted by Crippen LogP contribution is 2.25. The molecular weight excluding hydrogens is 290 g/mol. The third kappa shape index (κ3) is 4.12. The van der Waals surface area contributed by atoms with Crippen molar-refractivity contribution in [2.45, 2.75) is 53.6 Å². The Kier molecular flexibility index (Phi) is 5.08. The van der Waals surface area contributed by atoms with Crippen LogP contribution < -0.4 is 10.6 Å². The lowest BCUT2D eigenvalue weighted by molar-refractivity contribution is -0.122. The Morgan fingerprint density at radius 3 is 2.57 bits per heavy atom. The molecule has 0 radical (unpaired) electrons. The molecule has 2 rings (SSSR count). The van der Waals surface area contributed by atoms with E-state index in [-0.39, 0.29) is 24.3 Å². The molecule has 5 nitrogen and oxygen atoms in total. The zero-order chi connectivity index (χ0) is 17.1. The van der Waals surface area contributed by atoms with Gasteiger partial charge < -0.3 is 15.6 Å². The van der Waals surface area contributed by atoms with Crippen molar-refractivity contribution in [1.82, 2.24) is 15.6 Å². The molecule has 1 heterocycles. The summed E-state index contributed by atoms with van der Waals surface area (Å²) in [5, 5.41) is 6.86. The molecule has 1 aromatic carbocycles. The van der Waals surface area contributed by atoms with Crippen molar-refractivity contribution < 1.29 is 9.59 Å². The average Bonchev–Trinajstić information content (AvgIpc) is 2.71. The summed E-state index contributed by atoms with van der Waals surface area (Å²) in [5.74, 6) is -0.191. The topological polar surface area (TPSA) is 74.0 Å². The molecule has 0 saturated heterocycles. The number of rotatable bonds is 5. The van der Waals surface area contributed by atoms with E-state index in [9.17, 15) is 9.59 Å². The number of aryl methyl sites for hydroxylation is 3. The Balaban J connectivity index is 2.09. The minimum atomic E-state index is -0.167. The summed E-state index contributed by atoms with van der Waals surface area (Å²) in [6, 6.07) is 4.09. The number of carbonyl (C=O) groups is 2. The van der Waals surface area contributed by atoms with Crippen LogP contribution in [0.4, 0.5) is 0 Å². The molecule has 0 spiro atoms. The number of carbonyl (C=O) groups excluding carboxylic acids is 2. The van der Waals surface area contributed by atoms with Gasteiger partial charge in [-0.1, -0.05) is 11.6 Å². The monoisotopic (exact) mass is 315 g/mol. The van der Waals surface area contributed by atoms with Crippen molar-refractivity contribution in [1.29, 1.82) is 0 Å². The molecule has 2 aromatic rings. The molecule has 1 unspecified atom stereocenters. The van der Waals surface area contributed by atoms with Crippen LogP contribution in [0.15, 0.2) is 12.1 Å². The van der Waals surface area contributed by atoms with Gasteiger partial charge in [-0.3, -0.25) is 9.59 Å². The molecule has 124 valence electrons. The number of benzene rings is 1.